The lowest BCUT2D eigenvalue weighted by atomic mass is 10.0. The number of nitrogens with one attached hydrogen (secondary N) is 12. The number of hydrogen-bond acceptors (Lipinski definition) is 22. The number of carbonyl (C=O) groups is 2. The lowest BCUT2D eigenvalue weighted by molar-refractivity contribution is 0.0697. The molecule has 6 heterocycles. The maximum absolute atomic E-state index is 12.4. The standard InChI is InChI=1S/C13H14N4O3S2.C13H12N4O2S2.C12H10N4O2S2.C11H10N2O4.C2H6N2S2.CH4/c1-5-4-7-9(15-12(20)11(19)14-7)8(6(5)2)10(18)16-17-13(21)22-3;1-5-4-7-9(15-11(19)10(18)14-7)8(6(5)2)12-16-17-13(20-3)21-12;1-4-3-6-8(14-10(18)9(17)13-6)7(5(4)2)11-15-16-12(19)20-11;1-4-3-6-8(7(5(4)2)11(16)17)13-10(15)9(14)12-6;1-6-2(5)4-3;/h4H,1-3H3,(H,14,19)(H,15,20)(H,16,18)(H,17,21);4H,1-3H3,(H,14,18)(H,15,19);3H,1-2H3,(H,13,17)(H,14,18)(H,16,19);3H,1-2H3,(H,12,14)(H,13,15)(H,16,17);3H2,1H3,(H,4,5);1H4. The molecule has 0 radical (unpaired) electrons. The lowest BCUT2D eigenvalue weighted by Gasteiger charge is -2.13. The number of thioether (sulfide) groups is 3. The van der Waals surface area contributed by atoms with Crippen LogP contribution >= 0.6 is 94.6 Å². The van der Waals surface area contributed by atoms with Crippen LogP contribution in [0.4, 0.5) is 0 Å². The van der Waals surface area contributed by atoms with Gasteiger partial charge in [0, 0.05) is 11.1 Å². The highest BCUT2D eigenvalue weighted by Gasteiger charge is 2.21. The largest absolute Gasteiger partial charge is 0.478 e. The average molecular weight is 1340 g/mol. The number of nitrogens with two attached hydrogens (primary N) is 1. The topological polar surface area (TPSA) is 434 Å². The van der Waals surface area contributed by atoms with Gasteiger partial charge in [-0.2, -0.15) is 5.10 Å². The number of hydrazine groups is 2. The molecule has 0 spiro atoms. The number of fused-ring (bicyclic) bond motifs is 4. The van der Waals surface area contributed by atoms with Gasteiger partial charge in [-0.1, -0.05) is 89.8 Å². The van der Waals surface area contributed by atoms with E-state index in [0.717, 1.165) is 53.9 Å². The number of H-pyrrole nitrogens is 9. The van der Waals surface area contributed by atoms with E-state index < -0.39 is 56.4 Å². The Morgan fingerprint density at radius 3 is 1.24 bits per heavy atom. The van der Waals surface area contributed by atoms with Crippen molar-refractivity contribution in [2.45, 2.75) is 67.2 Å². The summed E-state index contributed by atoms with van der Waals surface area (Å²) < 4.78 is 2.44. The summed E-state index contributed by atoms with van der Waals surface area (Å²) in [7, 11) is 0. The first-order valence-electron chi connectivity index (χ1n) is 24.5. The number of aromatic carboxylic acids is 1. The van der Waals surface area contributed by atoms with Crippen LogP contribution in [0.15, 0.2) is 67.0 Å². The second-order valence-corrected chi connectivity index (χ2v) is 24.8. The van der Waals surface area contributed by atoms with E-state index in [-0.39, 0.29) is 29.6 Å². The summed E-state index contributed by atoms with van der Waals surface area (Å²) in [5.74, 6) is 3.28. The second-order valence-electron chi connectivity index (χ2n) is 18.1. The van der Waals surface area contributed by atoms with Gasteiger partial charge in [-0.05, 0) is 155 Å². The molecule has 0 saturated carbocycles. The number of carbonyl (C=O) groups excluding carboxylic acids is 1. The number of carboxylic acid groups (broad SMARTS) is 1. The van der Waals surface area contributed by atoms with E-state index in [1.807, 2.05) is 59.3 Å². The van der Waals surface area contributed by atoms with Gasteiger partial charge in [-0.15, -0.1) is 10.2 Å². The van der Waals surface area contributed by atoms with Gasteiger partial charge < -0.3 is 50.4 Å². The van der Waals surface area contributed by atoms with Crippen LogP contribution in [0.2, 0.25) is 0 Å². The van der Waals surface area contributed by atoms with E-state index in [9.17, 15) is 47.9 Å². The maximum Gasteiger partial charge on any atom is 0.338 e. The number of rotatable bonds is 5. The summed E-state index contributed by atoms with van der Waals surface area (Å²) in [4.78, 5) is 135. The first-order valence-corrected chi connectivity index (χ1v) is 31.0. The van der Waals surface area contributed by atoms with Crippen molar-refractivity contribution in [1.29, 1.82) is 0 Å². The highest BCUT2D eigenvalue weighted by atomic mass is 32.2. The van der Waals surface area contributed by atoms with E-state index >= 15 is 0 Å². The Bertz CT molecular complexity index is 4930. The van der Waals surface area contributed by atoms with E-state index in [2.05, 4.69) is 88.8 Å². The highest BCUT2D eigenvalue weighted by molar-refractivity contribution is 8.22. The zero-order chi connectivity index (χ0) is 63.8. The minimum Gasteiger partial charge on any atom is -0.478 e. The minimum atomic E-state index is -1.14. The van der Waals surface area contributed by atoms with Crippen molar-refractivity contribution in [1.82, 2.24) is 76.5 Å². The van der Waals surface area contributed by atoms with Gasteiger partial charge in [-0.25, -0.2) is 10.6 Å². The van der Waals surface area contributed by atoms with Crippen LogP contribution in [0.5, 0.6) is 0 Å². The van der Waals surface area contributed by atoms with Crippen molar-refractivity contribution in [3.63, 3.8) is 0 Å². The van der Waals surface area contributed by atoms with Crippen LogP contribution in [0.25, 0.3) is 65.3 Å². The number of aryl methyl sites for hydroxylation is 4. The summed E-state index contributed by atoms with van der Waals surface area (Å²) in [5.41, 5.74) is 13.7. The number of nitrogens with zero attached hydrogens (tertiary/aromatic N) is 3. The van der Waals surface area contributed by atoms with Crippen molar-refractivity contribution < 1.29 is 14.7 Å². The van der Waals surface area contributed by atoms with Gasteiger partial charge in [-0.3, -0.25) is 59.1 Å². The van der Waals surface area contributed by atoms with Crippen LogP contribution in [-0.2, 0) is 0 Å². The van der Waals surface area contributed by atoms with Crippen LogP contribution in [0.3, 0.4) is 0 Å². The van der Waals surface area contributed by atoms with Crippen molar-refractivity contribution >= 4 is 159 Å². The summed E-state index contributed by atoms with van der Waals surface area (Å²) in [6, 6.07) is 7.02. The fraction of sp³-hybridized carbons (Fsp3) is 0.231. The number of carboxylic acids is 1. The van der Waals surface area contributed by atoms with Crippen LogP contribution < -0.4 is 66.6 Å². The average Bonchev–Trinajstić information content (AvgIpc) is 1.65. The number of thiocarbonyl (C=S) groups is 2. The molecule has 1 amide bonds. The molecule has 0 saturated heterocycles. The van der Waals surface area contributed by atoms with Crippen molar-refractivity contribution in [3.8, 4) is 21.1 Å². The molecule has 27 nitrogen and oxygen atoms in total. The first-order chi connectivity index (χ1) is 40.5. The van der Waals surface area contributed by atoms with Crippen molar-refractivity contribution in [2.24, 2.45) is 5.84 Å². The third kappa shape index (κ3) is 16.0. The molecule has 0 aliphatic rings. The van der Waals surface area contributed by atoms with Crippen molar-refractivity contribution in [3.05, 3.63) is 167 Å². The monoisotopic (exact) mass is 1340 g/mol. The Balaban J connectivity index is 0.000000205. The molecule has 0 bridgehead atoms. The van der Waals surface area contributed by atoms with Crippen LogP contribution in [0, 0.1) is 59.3 Å². The van der Waals surface area contributed by atoms with Gasteiger partial charge in [0.15, 0.2) is 17.6 Å². The molecule has 10 rings (SSSR count). The Labute approximate surface area is 526 Å². The van der Waals surface area contributed by atoms with E-state index in [1.54, 1.807) is 39.2 Å². The smallest absolute Gasteiger partial charge is 0.338 e. The fourth-order valence-electron chi connectivity index (χ4n) is 8.07. The number of aromatic amines is 9. The molecule has 4 aromatic carbocycles. The minimum absolute atomic E-state index is 0. The van der Waals surface area contributed by atoms with Gasteiger partial charge in [0.2, 0.25) is 0 Å². The molecule has 6 aromatic heterocycles. The fourth-order valence-corrected chi connectivity index (χ4v) is 10.8. The number of benzene rings is 4. The normalized spacial score (nSPS) is 10.5. The SMILES string of the molecule is C.CSC(=S)NN.CSC(=S)NNC(=O)c1c(C)c(C)cc2[nH]c(=O)c(=O)[nH]c12.CSc1nnc(-c2c(C)c(C)cc3[nH]c(=O)c(=O)[nH]c23)s1.Cc1cc2[nH]c(=O)c(=O)[nH]c2c(-c2n[nH]c(=S)s2)c1C.Cc1cc2[nH]c(=O)c(=O)[nH]c2c(C(=O)O)c1C. The predicted octanol–water partition coefficient (Wildman–Crippen LogP) is 6.07. The van der Waals surface area contributed by atoms with Crippen LogP contribution in [0.1, 0.15) is 72.7 Å². The molecule has 15 N–H and O–H groups in total. The summed E-state index contributed by atoms with van der Waals surface area (Å²) in [5, 5.41) is 25.7. The summed E-state index contributed by atoms with van der Waals surface area (Å²) >= 11 is 21.6. The second kappa shape index (κ2) is 29.9. The molecule has 10 aromatic rings. The van der Waals surface area contributed by atoms with Gasteiger partial charge >= 0.3 is 50.4 Å². The molecular weight excluding hydrogens is 1280 g/mol. The maximum atomic E-state index is 12.4. The third-order valence-electron chi connectivity index (χ3n) is 12.8. The number of amides is 1. The molecule has 0 atom stereocenters. The predicted molar refractivity (Wildman–Crippen MR) is 359 cm³/mol. The Hall–Kier alpha value is -8.29. The summed E-state index contributed by atoms with van der Waals surface area (Å²) in [6.45, 7) is 14.8. The van der Waals surface area contributed by atoms with Gasteiger partial charge in [0.1, 0.15) is 9.33 Å². The number of hydrogen-bond donors (Lipinski definition) is 14. The van der Waals surface area contributed by atoms with Gasteiger partial charge in [0.05, 0.1) is 55.3 Å². The Morgan fingerprint density at radius 2 is 0.885 bits per heavy atom. The molecule has 458 valence electrons. The zero-order valence-corrected chi connectivity index (χ0v) is 53.6. The van der Waals surface area contributed by atoms with E-state index in [4.69, 9.17) is 35.4 Å². The van der Waals surface area contributed by atoms with E-state index in [1.165, 1.54) is 58.0 Å². The molecule has 0 aliphatic heterocycles. The molecule has 87 heavy (non-hydrogen) atoms. The Kier molecular flexibility index (Phi) is 23.9. The lowest BCUT2D eigenvalue weighted by Crippen LogP contribution is -2.40. The summed E-state index contributed by atoms with van der Waals surface area (Å²) in [6.07, 6.45) is 5.57. The van der Waals surface area contributed by atoms with Gasteiger partial charge in [0.25, 0.3) is 5.91 Å². The molecule has 0 fully saturated rings. The van der Waals surface area contributed by atoms with Crippen molar-refractivity contribution in [2.75, 3.05) is 18.8 Å². The zero-order valence-electron chi connectivity index (χ0n) is 47.0. The van der Waals surface area contributed by atoms with Crippen LogP contribution in [-0.4, -0.2) is 105 Å². The molecule has 35 heteroatoms. The molecule has 0 aliphatic carbocycles. The molecule has 0 unspecified atom stereocenters. The third-order valence-corrected chi connectivity index (χ3v) is 18.0. The highest BCUT2D eigenvalue weighted by Crippen LogP contribution is 2.36. The first kappa shape index (κ1) is 69.5. The van der Waals surface area contributed by atoms with E-state index in [0.29, 0.717) is 61.8 Å². The quantitative estimate of drug-likeness (QED) is 0.0306. The molecular formula is C52H56N16O11S8. The Morgan fingerprint density at radius 1 is 0.517 bits per heavy atom. The number of aromatic nitrogens is 12.